The molecule has 0 aromatic carbocycles. The van der Waals surface area contributed by atoms with Gasteiger partial charge in [0, 0.05) is 29.9 Å². The molecule has 92 valence electrons. The average Bonchev–Trinajstić information content (AvgIpc) is 2.83. The quantitative estimate of drug-likeness (QED) is 0.634. The minimum Gasteiger partial charge on any atom is -0.255 e. The van der Waals surface area contributed by atoms with E-state index >= 15 is 0 Å². The second-order valence-corrected chi connectivity index (χ2v) is 7.81. The van der Waals surface area contributed by atoms with E-state index in [-0.39, 0.29) is 0 Å². The summed E-state index contributed by atoms with van der Waals surface area (Å²) in [6.07, 6.45) is 6.07. The third-order valence-electron chi connectivity index (χ3n) is 5.90. The van der Waals surface area contributed by atoms with Gasteiger partial charge < -0.3 is 0 Å². The van der Waals surface area contributed by atoms with E-state index in [4.69, 9.17) is 0 Å². The van der Waals surface area contributed by atoms with Crippen molar-refractivity contribution in [2.24, 2.45) is 23.7 Å². The van der Waals surface area contributed by atoms with Crippen molar-refractivity contribution in [1.29, 1.82) is 0 Å². The Morgan fingerprint density at radius 1 is 1.06 bits per heavy atom. The number of hydrogen-bond acceptors (Lipinski definition) is 2. The zero-order chi connectivity index (χ0) is 11.3. The maximum Gasteiger partial charge on any atom is 0.0243 e. The molecule has 1 N–H and O–H groups in total. The van der Waals surface area contributed by atoms with E-state index in [0.29, 0.717) is 0 Å². The molecule has 2 nitrogen and oxygen atoms in total. The lowest BCUT2D eigenvalue weighted by Crippen LogP contribution is -2.55. The number of nitrogens with zero attached hydrogens (tertiary/aromatic N) is 1. The zero-order valence-electron chi connectivity index (χ0n) is 10.9. The van der Waals surface area contributed by atoms with Gasteiger partial charge in [-0.05, 0) is 61.8 Å². The van der Waals surface area contributed by atoms with Crippen LogP contribution >= 0.6 is 0 Å². The largest absolute Gasteiger partial charge is 0.255 e. The van der Waals surface area contributed by atoms with Crippen molar-refractivity contribution < 1.29 is 0 Å². The topological polar surface area (TPSA) is 15.3 Å². The molecule has 3 rings (SSSR count). The predicted molar refractivity (Wildman–Crippen MR) is 71.3 cm³/mol. The van der Waals surface area contributed by atoms with Gasteiger partial charge in [0.05, 0.1) is 0 Å². The minimum absolute atomic E-state index is 0.738. The smallest absolute Gasteiger partial charge is 0.0243 e. The van der Waals surface area contributed by atoms with Crippen LogP contribution in [0.2, 0.25) is 5.54 Å². The number of fused-ring (bicyclic) bond motifs is 2. The maximum absolute atomic E-state index is 3.56. The Hall–Kier alpha value is 0.137. The fourth-order valence-electron chi connectivity index (χ4n) is 4.41. The molecule has 3 heteroatoms. The molecular formula is C13H26N2Si. The normalized spacial score (nSPS) is 53.6. The van der Waals surface area contributed by atoms with Crippen molar-refractivity contribution in [3.63, 3.8) is 0 Å². The molecule has 0 aromatic rings. The first-order valence-corrected chi connectivity index (χ1v) is 8.30. The summed E-state index contributed by atoms with van der Waals surface area (Å²) in [6, 6.07) is 0.738. The fourth-order valence-corrected chi connectivity index (χ4v) is 5.85. The first-order chi connectivity index (χ1) is 7.68. The fraction of sp³-hybridized carbons (Fsp3) is 1.00. The molecule has 6 atom stereocenters. The second kappa shape index (κ2) is 4.11. The van der Waals surface area contributed by atoms with Gasteiger partial charge in [0.25, 0.3) is 0 Å². The molecule has 0 aromatic heterocycles. The van der Waals surface area contributed by atoms with Crippen LogP contribution in [0, 0.1) is 23.7 Å². The molecule has 0 amide bonds. The van der Waals surface area contributed by atoms with Crippen LogP contribution in [-0.2, 0) is 0 Å². The lowest BCUT2D eigenvalue weighted by molar-refractivity contribution is 0.0221. The molecule has 2 aliphatic carbocycles. The van der Waals surface area contributed by atoms with Gasteiger partial charge in [0.15, 0.2) is 0 Å². The van der Waals surface area contributed by atoms with Crippen molar-refractivity contribution in [3.05, 3.63) is 0 Å². The highest BCUT2D eigenvalue weighted by Crippen LogP contribution is 2.57. The van der Waals surface area contributed by atoms with Crippen LogP contribution in [0.25, 0.3) is 0 Å². The first-order valence-electron chi connectivity index (χ1n) is 7.15. The monoisotopic (exact) mass is 238 g/mol. The molecule has 1 aliphatic heterocycles. The predicted octanol–water partition coefficient (Wildman–Crippen LogP) is 1.03. The summed E-state index contributed by atoms with van der Waals surface area (Å²) in [6.45, 7) is 3.64. The van der Waals surface area contributed by atoms with Gasteiger partial charge in [0.1, 0.15) is 0 Å². The third kappa shape index (κ3) is 1.77. The molecule has 6 unspecified atom stereocenters. The average molecular weight is 238 g/mol. The van der Waals surface area contributed by atoms with E-state index in [1.54, 1.807) is 0 Å². The zero-order valence-corrected chi connectivity index (χ0v) is 12.9. The summed E-state index contributed by atoms with van der Waals surface area (Å²) in [4.78, 5) is 0. The van der Waals surface area contributed by atoms with E-state index in [1.165, 1.54) is 48.0 Å². The van der Waals surface area contributed by atoms with E-state index in [0.717, 1.165) is 29.7 Å². The van der Waals surface area contributed by atoms with Crippen molar-refractivity contribution in [3.8, 4) is 0 Å². The summed E-state index contributed by atoms with van der Waals surface area (Å²) >= 11 is 0. The molecule has 0 bridgehead atoms. The molecule has 2 saturated carbocycles. The Labute approximate surface area is 103 Å². The highest BCUT2D eigenvalue weighted by Gasteiger charge is 2.48. The summed E-state index contributed by atoms with van der Waals surface area (Å²) in [5, 5.41) is 2.35. The van der Waals surface area contributed by atoms with Gasteiger partial charge in [-0.3, -0.25) is 5.43 Å². The maximum atomic E-state index is 3.56. The van der Waals surface area contributed by atoms with Crippen LogP contribution in [-0.4, -0.2) is 34.9 Å². The van der Waals surface area contributed by atoms with Crippen molar-refractivity contribution in [2.45, 2.75) is 44.2 Å². The Kier molecular flexibility index (Phi) is 2.89. The van der Waals surface area contributed by atoms with E-state index in [9.17, 15) is 0 Å². The minimum atomic E-state index is 0.738. The molecule has 1 heterocycles. The summed E-state index contributed by atoms with van der Waals surface area (Å²) in [7, 11) is 3.67. The van der Waals surface area contributed by atoms with Crippen molar-refractivity contribution in [2.75, 3.05) is 13.6 Å². The molecule has 3 fully saturated rings. The van der Waals surface area contributed by atoms with Crippen LogP contribution in [0.5, 0.6) is 0 Å². The SMILES string of the molecule is CC1C2CCC3C([SiH3])C3CCC2CNN1C. The van der Waals surface area contributed by atoms with E-state index < -0.39 is 0 Å². The van der Waals surface area contributed by atoms with E-state index in [2.05, 4.69) is 24.4 Å². The number of hydrazine groups is 1. The van der Waals surface area contributed by atoms with Crippen LogP contribution < -0.4 is 5.43 Å². The highest BCUT2D eigenvalue weighted by atomic mass is 28.1. The summed E-state index contributed by atoms with van der Waals surface area (Å²) in [5.74, 6) is 4.23. The lowest BCUT2D eigenvalue weighted by atomic mass is 9.76. The standard InChI is InChI=1S/C13H26N2Si/c1-8-10-5-6-12-11(13(12)16)4-3-9(10)7-14-15(8)2/h8-14H,3-7H2,1-2,16H3. The van der Waals surface area contributed by atoms with Crippen molar-refractivity contribution >= 4 is 10.2 Å². The summed E-state index contributed by atoms with van der Waals surface area (Å²) < 4.78 is 0. The Morgan fingerprint density at radius 2 is 1.69 bits per heavy atom. The van der Waals surface area contributed by atoms with Gasteiger partial charge in [0.2, 0.25) is 0 Å². The molecular weight excluding hydrogens is 212 g/mol. The molecule has 0 spiro atoms. The van der Waals surface area contributed by atoms with Crippen LogP contribution in [0.15, 0.2) is 0 Å². The van der Waals surface area contributed by atoms with E-state index in [1.807, 2.05) is 0 Å². The Bertz CT molecular complexity index is 271. The lowest BCUT2D eigenvalue weighted by Gasteiger charge is -2.44. The van der Waals surface area contributed by atoms with Gasteiger partial charge in [-0.15, -0.1) is 0 Å². The highest BCUT2D eigenvalue weighted by molar-refractivity contribution is 6.14. The van der Waals surface area contributed by atoms with Crippen LogP contribution in [0.1, 0.15) is 32.6 Å². The van der Waals surface area contributed by atoms with Gasteiger partial charge in [-0.1, -0.05) is 0 Å². The number of rotatable bonds is 0. The van der Waals surface area contributed by atoms with Crippen molar-refractivity contribution in [1.82, 2.24) is 10.4 Å². The Balaban J connectivity index is 1.69. The first kappa shape index (κ1) is 11.2. The molecule has 1 saturated heterocycles. The third-order valence-corrected chi connectivity index (χ3v) is 7.62. The summed E-state index contributed by atoms with van der Waals surface area (Å²) in [5.41, 5.74) is 4.74. The van der Waals surface area contributed by atoms with Crippen LogP contribution in [0.3, 0.4) is 0 Å². The van der Waals surface area contributed by atoms with Gasteiger partial charge in [-0.25, -0.2) is 5.01 Å². The Morgan fingerprint density at radius 3 is 2.44 bits per heavy atom. The molecule has 3 aliphatic rings. The van der Waals surface area contributed by atoms with Crippen LogP contribution in [0.4, 0.5) is 0 Å². The number of nitrogens with one attached hydrogen (secondary N) is 1. The number of hydrogen-bond donors (Lipinski definition) is 1. The molecule has 16 heavy (non-hydrogen) atoms. The second-order valence-electron chi connectivity index (χ2n) is 6.48. The van der Waals surface area contributed by atoms with Gasteiger partial charge >= 0.3 is 0 Å². The van der Waals surface area contributed by atoms with Gasteiger partial charge in [-0.2, -0.15) is 0 Å². The molecule has 0 radical (unpaired) electrons.